The van der Waals surface area contributed by atoms with Crippen LogP contribution >= 0.6 is 0 Å². The summed E-state index contributed by atoms with van der Waals surface area (Å²) in [6.07, 6.45) is 1.48. The lowest BCUT2D eigenvalue weighted by Gasteiger charge is -2.30. The number of nitrogens with zero attached hydrogens (tertiary/aromatic N) is 1. The number of carbonyl (C=O) groups is 2. The lowest BCUT2D eigenvalue weighted by molar-refractivity contribution is -0.134. The highest BCUT2D eigenvalue weighted by molar-refractivity contribution is 5.79. The van der Waals surface area contributed by atoms with Gasteiger partial charge in [0, 0.05) is 25.9 Å². The van der Waals surface area contributed by atoms with Crippen molar-refractivity contribution in [3.8, 4) is 0 Å². The van der Waals surface area contributed by atoms with Crippen LogP contribution in [0.15, 0.2) is 16.5 Å². The number of hydrogen-bond donors (Lipinski definition) is 1. The highest BCUT2D eigenvalue weighted by Crippen LogP contribution is 2.17. The summed E-state index contributed by atoms with van der Waals surface area (Å²) in [7, 11) is 0. The first-order valence-electron chi connectivity index (χ1n) is 6.65. The first-order valence-corrected chi connectivity index (χ1v) is 6.65. The second kappa shape index (κ2) is 5.91. The average Bonchev–Trinajstić information content (AvgIpc) is 2.82. The van der Waals surface area contributed by atoms with Gasteiger partial charge in [-0.05, 0) is 31.9 Å². The van der Waals surface area contributed by atoms with Gasteiger partial charge in [-0.1, -0.05) is 0 Å². The number of piperidine rings is 1. The maximum absolute atomic E-state index is 12.0. The van der Waals surface area contributed by atoms with E-state index in [4.69, 9.17) is 4.42 Å². The standard InChI is InChI=1S/C14H20N2O3/c1-10-3-4-13(19-10)9-15-14(18)12-5-7-16(8-6-12)11(2)17/h3-4,12H,5-9H2,1-2H3,(H,15,18). The smallest absolute Gasteiger partial charge is 0.223 e. The summed E-state index contributed by atoms with van der Waals surface area (Å²) >= 11 is 0. The summed E-state index contributed by atoms with van der Waals surface area (Å²) in [5.41, 5.74) is 0. The molecular weight excluding hydrogens is 244 g/mol. The van der Waals surface area contributed by atoms with Crippen molar-refractivity contribution in [1.29, 1.82) is 0 Å². The fourth-order valence-corrected chi connectivity index (χ4v) is 2.36. The van der Waals surface area contributed by atoms with Crippen LogP contribution in [0.2, 0.25) is 0 Å². The van der Waals surface area contributed by atoms with Gasteiger partial charge in [0.2, 0.25) is 11.8 Å². The first-order chi connectivity index (χ1) is 9.06. The van der Waals surface area contributed by atoms with Crippen LogP contribution in [0.1, 0.15) is 31.3 Å². The van der Waals surface area contributed by atoms with E-state index >= 15 is 0 Å². The molecule has 0 radical (unpaired) electrons. The van der Waals surface area contributed by atoms with Crippen molar-refractivity contribution >= 4 is 11.8 Å². The van der Waals surface area contributed by atoms with E-state index in [2.05, 4.69) is 5.32 Å². The third-order valence-corrected chi connectivity index (χ3v) is 3.54. The highest BCUT2D eigenvalue weighted by atomic mass is 16.3. The number of likely N-dealkylation sites (tertiary alicyclic amines) is 1. The molecule has 5 heteroatoms. The summed E-state index contributed by atoms with van der Waals surface area (Å²) in [4.78, 5) is 25.0. The zero-order valence-electron chi connectivity index (χ0n) is 11.4. The van der Waals surface area contributed by atoms with Gasteiger partial charge in [-0.2, -0.15) is 0 Å². The Kier molecular flexibility index (Phi) is 4.24. The van der Waals surface area contributed by atoms with Gasteiger partial charge in [-0.3, -0.25) is 9.59 Å². The summed E-state index contributed by atoms with van der Waals surface area (Å²) in [6, 6.07) is 3.75. The Hall–Kier alpha value is -1.78. The first kappa shape index (κ1) is 13.6. The summed E-state index contributed by atoms with van der Waals surface area (Å²) in [5, 5.41) is 2.89. The Morgan fingerprint density at radius 1 is 1.37 bits per heavy atom. The molecule has 1 aromatic heterocycles. The molecule has 0 atom stereocenters. The molecule has 104 valence electrons. The fourth-order valence-electron chi connectivity index (χ4n) is 2.36. The monoisotopic (exact) mass is 264 g/mol. The SMILES string of the molecule is CC(=O)N1CCC(C(=O)NCc2ccc(C)o2)CC1. The molecule has 0 aliphatic carbocycles. The molecule has 1 N–H and O–H groups in total. The number of amides is 2. The Bertz CT molecular complexity index is 459. The van der Waals surface area contributed by atoms with Crippen LogP contribution in [0.3, 0.4) is 0 Å². The largest absolute Gasteiger partial charge is 0.465 e. The summed E-state index contributed by atoms with van der Waals surface area (Å²) < 4.78 is 5.40. The van der Waals surface area contributed by atoms with Crippen molar-refractivity contribution in [3.05, 3.63) is 23.7 Å². The van der Waals surface area contributed by atoms with E-state index in [1.807, 2.05) is 19.1 Å². The molecule has 1 saturated heterocycles. The molecule has 2 rings (SSSR count). The van der Waals surface area contributed by atoms with Crippen molar-refractivity contribution in [2.45, 2.75) is 33.2 Å². The fraction of sp³-hybridized carbons (Fsp3) is 0.571. The second-order valence-corrected chi connectivity index (χ2v) is 5.01. The molecule has 1 aliphatic rings. The molecule has 0 bridgehead atoms. The Morgan fingerprint density at radius 2 is 2.05 bits per heavy atom. The predicted molar refractivity (Wildman–Crippen MR) is 70.3 cm³/mol. The van der Waals surface area contributed by atoms with Crippen LogP contribution < -0.4 is 5.32 Å². The minimum Gasteiger partial charge on any atom is -0.465 e. The van der Waals surface area contributed by atoms with Gasteiger partial charge in [0.05, 0.1) is 6.54 Å². The average molecular weight is 264 g/mol. The van der Waals surface area contributed by atoms with E-state index in [0.717, 1.165) is 24.4 Å². The van der Waals surface area contributed by atoms with Gasteiger partial charge >= 0.3 is 0 Å². The quantitative estimate of drug-likeness (QED) is 0.899. The lowest BCUT2D eigenvalue weighted by Crippen LogP contribution is -2.42. The summed E-state index contributed by atoms with van der Waals surface area (Å²) in [5.74, 6) is 1.76. The molecule has 5 nitrogen and oxygen atoms in total. The highest BCUT2D eigenvalue weighted by Gasteiger charge is 2.25. The minimum absolute atomic E-state index is 0.00617. The zero-order chi connectivity index (χ0) is 13.8. The van der Waals surface area contributed by atoms with Gasteiger partial charge in [0.15, 0.2) is 0 Å². The van der Waals surface area contributed by atoms with Crippen LogP contribution in [0, 0.1) is 12.8 Å². The molecule has 2 amide bonds. The van der Waals surface area contributed by atoms with Gasteiger partial charge in [-0.15, -0.1) is 0 Å². The van der Waals surface area contributed by atoms with Crippen LogP contribution in [0.25, 0.3) is 0 Å². The van der Waals surface area contributed by atoms with Gasteiger partial charge in [-0.25, -0.2) is 0 Å². The Balaban J connectivity index is 1.77. The van der Waals surface area contributed by atoms with Gasteiger partial charge in [0.1, 0.15) is 11.5 Å². The maximum Gasteiger partial charge on any atom is 0.223 e. The molecule has 1 aromatic rings. The summed E-state index contributed by atoms with van der Waals surface area (Å²) in [6.45, 7) is 5.22. The normalized spacial score (nSPS) is 16.4. The number of nitrogens with one attached hydrogen (secondary N) is 1. The molecule has 1 fully saturated rings. The molecule has 0 spiro atoms. The van der Waals surface area contributed by atoms with Crippen LogP contribution in [-0.4, -0.2) is 29.8 Å². The molecule has 0 saturated carbocycles. The molecule has 19 heavy (non-hydrogen) atoms. The number of furan rings is 1. The zero-order valence-corrected chi connectivity index (χ0v) is 11.4. The second-order valence-electron chi connectivity index (χ2n) is 5.01. The number of aryl methyl sites for hydroxylation is 1. The van der Waals surface area contributed by atoms with Crippen molar-refractivity contribution < 1.29 is 14.0 Å². The van der Waals surface area contributed by atoms with Gasteiger partial charge < -0.3 is 14.6 Å². The van der Waals surface area contributed by atoms with E-state index in [0.29, 0.717) is 19.6 Å². The molecule has 0 unspecified atom stereocenters. The van der Waals surface area contributed by atoms with E-state index in [1.54, 1.807) is 11.8 Å². The number of rotatable bonds is 3. The maximum atomic E-state index is 12.0. The van der Waals surface area contributed by atoms with Crippen molar-refractivity contribution in [2.75, 3.05) is 13.1 Å². The van der Waals surface area contributed by atoms with Crippen molar-refractivity contribution in [2.24, 2.45) is 5.92 Å². The molecule has 1 aliphatic heterocycles. The predicted octanol–water partition coefficient (Wildman–Crippen LogP) is 1.46. The van der Waals surface area contributed by atoms with Crippen LogP contribution in [-0.2, 0) is 16.1 Å². The van der Waals surface area contributed by atoms with E-state index in [9.17, 15) is 9.59 Å². The lowest BCUT2D eigenvalue weighted by atomic mass is 9.96. The molecule has 0 aromatic carbocycles. The Labute approximate surface area is 113 Å². The van der Waals surface area contributed by atoms with Crippen molar-refractivity contribution in [3.63, 3.8) is 0 Å². The van der Waals surface area contributed by atoms with E-state index in [1.165, 1.54) is 0 Å². The third-order valence-electron chi connectivity index (χ3n) is 3.54. The topological polar surface area (TPSA) is 62.6 Å². The van der Waals surface area contributed by atoms with E-state index in [-0.39, 0.29) is 17.7 Å². The van der Waals surface area contributed by atoms with Gasteiger partial charge in [0.25, 0.3) is 0 Å². The number of hydrogen-bond acceptors (Lipinski definition) is 3. The molecular formula is C14H20N2O3. The number of carbonyl (C=O) groups excluding carboxylic acids is 2. The van der Waals surface area contributed by atoms with Crippen LogP contribution in [0.5, 0.6) is 0 Å². The minimum atomic E-state index is 0.00617. The Morgan fingerprint density at radius 3 is 2.58 bits per heavy atom. The van der Waals surface area contributed by atoms with Crippen LogP contribution in [0.4, 0.5) is 0 Å². The third kappa shape index (κ3) is 3.59. The van der Waals surface area contributed by atoms with E-state index < -0.39 is 0 Å². The van der Waals surface area contributed by atoms with Crippen molar-refractivity contribution in [1.82, 2.24) is 10.2 Å². The molecule has 2 heterocycles.